The number of carboxylic acids is 1. The molecule has 2 aromatic carbocycles. The minimum absolute atomic E-state index is 0.263. The highest BCUT2D eigenvalue weighted by Crippen LogP contribution is 2.37. The van der Waals surface area contributed by atoms with Crippen LogP contribution in [0.2, 0.25) is 0 Å². The number of carboxylic acid groups (broad SMARTS) is 1. The van der Waals surface area contributed by atoms with Crippen LogP contribution in [0.5, 0.6) is 11.5 Å². The highest BCUT2D eigenvalue weighted by molar-refractivity contribution is 5.91. The van der Waals surface area contributed by atoms with Crippen LogP contribution in [0.1, 0.15) is 43.5 Å². The van der Waals surface area contributed by atoms with Crippen molar-refractivity contribution in [2.24, 2.45) is 0 Å². The van der Waals surface area contributed by atoms with Gasteiger partial charge in [-0.2, -0.15) is 0 Å². The van der Waals surface area contributed by atoms with E-state index in [-0.39, 0.29) is 5.75 Å². The number of aliphatic carboxylic acids is 1. The summed E-state index contributed by atoms with van der Waals surface area (Å²) in [6.45, 7) is 5.90. The van der Waals surface area contributed by atoms with Gasteiger partial charge in [-0.3, -0.25) is 0 Å². The van der Waals surface area contributed by atoms with E-state index in [4.69, 9.17) is 9.47 Å². The number of aromatic nitrogens is 1. The van der Waals surface area contributed by atoms with Gasteiger partial charge < -0.3 is 23.9 Å². The first-order chi connectivity index (χ1) is 18.1. The molecule has 1 aromatic heterocycles. The number of fused-ring (bicyclic) bond motifs is 1. The zero-order chi connectivity index (χ0) is 27.9. The summed E-state index contributed by atoms with van der Waals surface area (Å²) in [5, 5.41) is 9.70. The Bertz CT molecular complexity index is 1320. The molecular formula is C29H32F3NO5. The molecule has 204 valence electrons. The van der Waals surface area contributed by atoms with E-state index < -0.39 is 18.4 Å². The first-order valence-electron chi connectivity index (χ1n) is 12.3. The molecular weight excluding hydrogens is 499 g/mol. The second-order valence-electron chi connectivity index (χ2n) is 8.67. The molecule has 0 spiro atoms. The largest absolute Gasteiger partial charge is 0.573 e. The Morgan fingerprint density at radius 3 is 2.53 bits per heavy atom. The molecule has 1 unspecified atom stereocenters. The van der Waals surface area contributed by atoms with Crippen molar-refractivity contribution in [1.82, 2.24) is 4.57 Å². The monoisotopic (exact) mass is 531 g/mol. The zero-order valence-corrected chi connectivity index (χ0v) is 21.8. The third kappa shape index (κ3) is 7.12. The first kappa shape index (κ1) is 28.7. The van der Waals surface area contributed by atoms with Crippen molar-refractivity contribution in [3.05, 3.63) is 83.3 Å². The molecule has 0 amide bonds. The minimum atomic E-state index is -4.84. The quantitative estimate of drug-likeness (QED) is 0.198. The lowest BCUT2D eigenvalue weighted by Gasteiger charge is -2.15. The standard InChI is InChI=1S/C29H32F3NO5/c1-5-10-21(36-4)12-8-14-23-19(3)33(24-15-9-16-26(27(23)24)38-29(30,31)32)18-20-11-7-13-22(17-20)37-25(6-2)28(34)35/h7-13,15-17,25H,5-6,14,18H2,1-4H3,(H,34,35)/b12-8-,21-10+. The van der Waals surface area contributed by atoms with Crippen LogP contribution in [0.15, 0.2) is 66.5 Å². The second-order valence-corrected chi connectivity index (χ2v) is 8.67. The van der Waals surface area contributed by atoms with E-state index in [0.717, 1.165) is 17.7 Å². The van der Waals surface area contributed by atoms with Gasteiger partial charge in [-0.15, -0.1) is 13.2 Å². The highest BCUT2D eigenvalue weighted by Gasteiger charge is 2.33. The van der Waals surface area contributed by atoms with Gasteiger partial charge in [0.1, 0.15) is 17.3 Å². The van der Waals surface area contributed by atoms with Gasteiger partial charge >= 0.3 is 12.3 Å². The lowest BCUT2D eigenvalue weighted by atomic mass is 10.1. The number of methoxy groups -OCH3 is 1. The van der Waals surface area contributed by atoms with Gasteiger partial charge in [-0.1, -0.05) is 38.1 Å². The molecule has 0 radical (unpaired) electrons. The summed E-state index contributed by atoms with van der Waals surface area (Å²) < 4.78 is 57.1. The van der Waals surface area contributed by atoms with Crippen molar-refractivity contribution in [2.45, 2.75) is 59.0 Å². The molecule has 9 heteroatoms. The smallest absolute Gasteiger partial charge is 0.497 e. The van der Waals surface area contributed by atoms with Gasteiger partial charge in [0.05, 0.1) is 12.6 Å². The molecule has 1 heterocycles. The molecule has 3 rings (SSSR count). The van der Waals surface area contributed by atoms with Crippen LogP contribution in [0, 0.1) is 6.92 Å². The van der Waals surface area contributed by atoms with Crippen molar-refractivity contribution in [1.29, 1.82) is 0 Å². The number of halogens is 3. The second kappa shape index (κ2) is 12.6. The van der Waals surface area contributed by atoms with Crippen molar-refractivity contribution >= 4 is 16.9 Å². The predicted octanol–water partition coefficient (Wildman–Crippen LogP) is 7.18. The maximum Gasteiger partial charge on any atom is 0.573 e. The molecule has 1 N–H and O–H groups in total. The van der Waals surface area contributed by atoms with Gasteiger partial charge in [0, 0.05) is 17.6 Å². The SMILES string of the molecule is CC/C=C(\C=C/Cc1c(C)n(Cc2cccc(OC(CC)C(=O)O)c2)c2cccc(OC(F)(F)F)c12)OC. The summed E-state index contributed by atoms with van der Waals surface area (Å²) in [5.41, 5.74) is 2.88. The number of nitrogens with zero attached hydrogens (tertiary/aromatic N) is 1. The summed E-state index contributed by atoms with van der Waals surface area (Å²) in [6, 6.07) is 11.6. The fourth-order valence-electron chi connectivity index (χ4n) is 4.32. The Morgan fingerprint density at radius 1 is 1.16 bits per heavy atom. The zero-order valence-electron chi connectivity index (χ0n) is 21.8. The topological polar surface area (TPSA) is 69.9 Å². The van der Waals surface area contributed by atoms with Gasteiger partial charge in [0.2, 0.25) is 0 Å². The summed E-state index contributed by atoms with van der Waals surface area (Å²) in [4.78, 5) is 11.4. The van der Waals surface area contributed by atoms with E-state index in [1.54, 1.807) is 44.4 Å². The van der Waals surface area contributed by atoms with E-state index in [1.165, 1.54) is 12.1 Å². The van der Waals surface area contributed by atoms with Crippen LogP contribution >= 0.6 is 0 Å². The highest BCUT2D eigenvalue weighted by atomic mass is 19.4. The molecule has 3 aromatic rings. The van der Waals surface area contributed by atoms with Gasteiger partial charge in [0.25, 0.3) is 0 Å². The first-order valence-corrected chi connectivity index (χ1v) is 12.3. The van der Waals surface area contributed by atoms with Crippen molar-refractivity contribution in [3.63, 3.8) is 0 Å². The Morgan fingerprint density at radius 2 is 1.89 bits per heavy atom. The molecule has 0 aliphatic heterocycles. The Labute approximate surface area is 219 Å². The average molecular weight is 532 g/mol. The van der Waals surface area contributed by atoms with E-state index in [1.807, 2.05) is 36.6 Å². The number of allylic oxidation sites excluding steroid dienone is 3. The average Bonchev–Trinajstić information content (AvgIpc) is 3.12. The van der Waals surface area contributed by atoms with Crippen molar-refractivity contribution in [3.8, 4) is 11.5 Å². The fourth-order valence-corrected chi connectivity index (χ4v) is 4.32. The molecule has 0 aliphatic rings. The third-order valence-corrected chi connectivity index (χ3v) is 6.07. The molecule has 0 fully saturated rings. The Kier molecular flexibility index (Phi) is 9.50. The van der Waals surface area contributed by atoms with E-state index >= 15 is 0 Å². The van der Waals surface area contributed by atoms with Gasteiger partial charge in [-0.25, -0.2) is 4.79 Å². The fraction of sp³-hybridized carbons (Fsp3) is 0.345. The van der Waals surface area contributed by atoms with Crippen LogP contribution in [0.4, 0.5) is 13.2 Å². The number of benzene rings is 2. The predicted molar refractivity (Wildman–Crippen MR) is 139 cm³/mol. The molecule has 0 bridgehead atoms. The maximum atomic E-state index is 13.3. The van der Waals surface area contributed by atoms with Crippen LogP contribution in [0.25, 0.3) is 10.9 Å². The summed E-state index contributed by atoms with van der Waals surface area (Å²) >= 11 is 0. The molecule has 38 heavy (non-hydrogen) atoms. The van der Waals surface area contributed by atoms with E-state index in [9.17, 15) is 23.1 Å². The van der Waals surface area contributed by atoms with Crippen LogP contribution in [-0.4, -0.2) is 35.2 Å². The number of rotatable bonds is 12. The van der Waals surface area contributed by atoms with Crippen molar-refractivity contribution in [2.75, 3.05) is 7.11 Å². The van der Waals surface area contributed by atoms with E-state index in [0.29, 0.717) is 47.4 Å². The minimum Gasteiger partial charge on any atom is -0.497 e. The van der Waals surface area contributed by atoms with Crippen LogP contribution < -0.4 is 9.47 Å². The number of ether oxygens (including phenoxy) is 3. The third-order valence-electron chi connectivity index (χ3n) is 6.07. The Balaban J connectivity index is 2.06. The van der Waals surface area contributed by atoms with Gasteiger partial charge in [-0.05, 0) is 73.7 Å². The summed E-state index contributed by atoms with van der Waals surface area (Å²) in [5.74, 6) is -0.236. The number of alkyl halides is 3. The number of hydrogen-bond donors (Lipinski definition) is 1. The lowest BCUT2D eigenvalue weighted by Crippen LogP contribution is -2.25. The van der Waals surface area contributed by atoms with Crippen LogP contribution in [-0.2, 0) is 22.5 Å². The molecule has 6 nitrogen and oxygen atoms in total. The number of hydrogen-bond acceptors (Lipinski definition) is 4. The van der Waals surface area contributed by atoms with Crippen LogP contribution in [0.3, 0.4) is 0 Å². The lowest BCUT2D eigenvalue weighted by molar-refractivity contribution is -0.274. The summed E-state index contributed by atoms with van der Waals surface area (Å²) in [7, 11) is 1.56. The van der Waals surface area contributed by atoms with Gasteiger partial charge in [0.15, 0.2) is 6.10 Å². The molecule has 0 saturated carbocycles. The molecule has 0 aliphatic carbocycles. The van der Waals surface area contributed by atoms with E-state index in [2.05, 4.69) is 4.74 Å². The Hall–Kier alpha value is -3.88. The maximum absolute atomic E-state index is 13.3. The molecule has 0 saturated heterocycles. The normalized spacial score (nSPS) is 13.2. The summed E-state index contributed by atoms with van der Waals surface area (Å²) in [6.07, 6.45) is 1.20. The van der Waals surface area contributed by atoms with Crippen molar-refractivity contribution < 1.29 is 37.3 Å². The molecule has 1 atom stereocenters. The number of carbonyl (C=O) groups is 1.